The van der Waals surface area contributed by atoms with Gasteiger partial charge in [-0.3, -0.25) is 4.79 Å². The van der Waals surface area contributed by atoms with Crippen molar-refractivity contribution in [3.05, 3.63) is 64.3 Å². The van der Waals surface area contributed by atoms with Crippen LogP contribution in [0.5, 0.6) is 0 Å². The van der Waals surface area contributed by atoms with Crippen molar-refractivity contribution in [1.29, 1.82) is 0 Å². The van der Waals surface area contributed by atoms with Gasteiger partial charge in [-0.05, 0) is 17.2 Å². The molecule has 0 aliphatic carbocycles. The van der Waals surface area contributed by atoms with E-state index < -0.39 is 5.41 Å². The maximum atomic E-state index is 13.3. The maximum Gasteiger partial charge on any atom is 0.232 e. The Labute approximate surface area is 190 Å². The largest absolute Gasteiger partial charge is 0.378 e. The summed E-state index contributed by atoms with van der Waals surface area (Å²) >= 11 is 7.96. The van der Waals surface area contributed by atoms with Crippen molar-refractivity contribution in [2.45, 2.75) is 19.8 Å². The number of pyridine rings is 1. The van der Waals surface area contributed by atoms with Gasteiger partial charge < -0.3 is 15.0 Å². The minimum Gasteiger partial charge on any atom is -0.378 e. The Bertz CT molecular complexity index is 1020. The van der Waals surface area contributed by atoms with Gasteiger partial charge in [0.2, 0.25) is 11.0 Å². The molecule has 2 aromatic heterocycles. The van der Waals surface area contributed by atoms with Gasteiger partial charge >= 0.3 is 0 Å². The molecule has 4 rings (SSSR count). The lowest BCUT2D eigenvalue weighted by Crippen LogP contribution is -2.38. The second-order valence-corrected chi connectivity index (χ2v) is 9.18. The monoisotopic (exact) mass is 457 g/mol. The first-order valence-corrected chi connectivity index (χ1v) is 11.3. The van der Waals surface area contributed by atoms with E-state index in [1.807, 2.05) is 56.4 Å². The molecule has 1 saturated heterocycles. The number of hydrogen-bond donors (Lipinski definition) is 1. The minimum atomic E-state index is -0.807. The summed E-state index contributed by atoms with van der Waals surface area (Å²) in [5.41, 5.74) is 2.67. The standard InChI is InChI=1S/C22H24ClN5O2S/c1-22(2,20(29)26-21-27-25-14-31-21)18(15-6-4-3-5-7-15)16-12-17(23)19(24-13-16)28-8-10-30-11-9-28/h3-7,12-14,18H,8-11H2,1-2H3,(H,26,27,29). The fourth-order valence-corrected chi connectivity index (χ4v) is 4.63. The van der Waals surface area contributed by atoms with Gasteiger partial charge in [0.15, 0.2) is 0 Å². The van der Waals surface area contributed by atoms with E-state index in [4.69, 9.17) is 16.3 Å². The number of amides is 1. The van der Waals surface area contributed by atoms with Crippen LogP contribution in [0.3, 0.4) is 0 Å². The van der Waals surface area contributed by atoms with Crippen LogP contribution in [0.25, 0.3) is 0 Å². The molecule has 3 aromatic rings. The van der Waals surface area contributed by atoms with Gasteiger partial charge in [-0.1, -0.05) is 67.1 Å². The number of aromatic nitrogens is 3. The van der Waals surface area contributed by atoms with Crippen molar-refractivity contribution < 1.29 is 9.53 Å². The lowest BCUT2D eigenvalue weighted by molar-refractivity contribution is -0.124. The van der Waals surface area contributed by atoms with Crippen LogP contribution in [0.1, 0.15) is 30.9 Å². The van der Waals surface area contributed by atoms with E-state index in [0.717, 1.165) is 30.0 Å². The summed E-state index contributed by atoms with van der Waals surface area (Å²) < 4.78 is 5.43. The summed E-state index contributed by atoms with van der Waals surface area (Å²) in [6.07, 6.45) is 1.83. The van der Waals surface area contributed by atoms with Crippen molar-refractivity contribution in [3.8, 4) is 0 Å². The molecule has 7 nitrogen and oxygen atoms in total. The molecule has 1 aliphatic rings. The normalized spacial score (nSPS) is 15.5. The van der Waals surface area contributed by atoms with Crippen molar-refractivity contribution in [2.24, 2.45) is 5.41 Å². The molecule has 31 heavy (non-hydrogen) atoms. The molecule has 1 fully saturated rings. The zero-order valence-electron chi connectivity index (χ0n) is 17.4. The lowest BCUT2D eigenvalue weighted by Gasteiger charge is -2.34. The third-order valence-corrected chi connectivity index (χ3v) is 6.39. The van der Waals surface area contributed by atoms with E-state index in [0.29, 0.717) is 23.4 Å². The van der Waals surface area contributed by atoms with Gasteiger partial charge in [-0.2, -0.15) is 0 Å². The Kier molecular flexibility index (Phi) is 6.50. The van der Waals surface area contributed by atoms with Gasteiger partial charge in [-0.15, -0.1) is 10.2 Å². The Morgan fingerprint density at radius 3 is 2.61 bits per heavy atom. The molecule has 9 heteroatoms. The van der Waals surface area contributed by atoms with E-state index in [-0.39, 0.29) is 11.8 Å². The summed E-state index contributed by atoms with van der Waals surface area (Å²) in [5, 5.41) is 11.7. The molecule has 0 radical (unpaired) electrons. The van der Waals surface area contributed by atoms with Crippen molar-refractivity contribution in [1.82, 2.24) is 15.2 Å². The number of halogens is 1. The lowest BCUT2D eigenvalue weighted by atomic mass is 9.71. The SMILES string of the molecule is CC(C)(C(=O)Nc1nncs1)C(c1ccccc1)c1cnc(N2CCOCC2)c(Cl)c1. The van der Waals surface area contributed by atoms with Crippen molar-refractivity contribution in [3.63, 3.8) is 0 Å². The number of hydrogen-bond acceptors (Lipinski definition) is 7. The van der Waals surface area contributed by atoms with Gasteiger partial charge in [0.05, 0.1) is 23.7 Å². The molecule has 0 saturated carbocycles. The quantitative estimate of drug-likeness (QED) is 0.597. The summed E-state index contributed by atoms with van der Waals surface area (Å²) in [6, 6.07) is 11.9. The number of benzene rings is 1. The fourth-order valence-electron chi connectivity index (χ4n) is 3.90. The molecule has 1 aromatic carbocycles. The Morgan fingerprint density at radius 2 is 1.97 bits per heavy atom. The number of carbonyl (C=O) groups excluding carboxylic acids is 1. The molecule has 3 heterocycles. The second kappa shape index (κ2) is 9.30. The average molecular weight is 458 g/mol. The van der Waals surface area contributed by atoms with Crippen LogP contribution < -0.4 is 10.2 Å². The molecule has 1 atom stereocenters. The molecule has 0 bridgehead atoms. The van der Waals surface area contributed by atoms with Crippen LogP contribution >= 0.6 is 22.9 Å². The second-order valence-electron chi connectivity index (χ2n) is 7.94. The number of ether oxygens (including phenoxy) is 1. The highest BCUT2D eigenvalue weighted by Crippen LogP contribution is 2.43. The van der Waals surface area contributed by atoms with E-state index in [9.17, 15) is 4.79 Å². The average Bonchev–Trinajstić information content (AvgIpc) is 3.28. The Morgan fingerprint density at radius 1 is 1.23 bits per heavy atom. The minimum absolute atomic E-state index is 0.147. The van der Waals surface area contributed by atoms with Gasteiger partial charge in [0, 0.05) is 25.2 Å². The number of morpholine rings is 1. The third-order valence-electron chi connectivity index (χ3n) is 5.51. The molecule has 1 unspecified atom stereocenters. The van der Waals surface area contributed by atoms with Gasteiger partial charge in [0.1, 0.15) is 11.3 Å². The Balaban J connectivity index is 1.70. The van der Waals surface area contributed by atoms with Crippen LogP contribution in [-0.4, -0.2) is 47.4 Å². The van der Waals surface area contributed by atoms with Crippen LogP contribution in [0.4, 0.5) is 10.9 Å². The first-order valence-electron chi connectivity index (χ1n) is 10.1. The van der Waals surface area contributed by atoms with Crippen LogP contribution in [0.2, 0.25) is 5.02 Å². The summed E-state index contributed by atoms with van der Waals surface area (Å²) in [4.78, 5) is 20.1. The molecule has 0 spiro atoms. The Hall–Kier alpha value is -2.55. The van der Waals surface area contributed by atoms with E-state index >= 15 is 0 Å². The number of rotatable bonds is 6. The van der Waals surface area contributed by atoms with Gasteiger partial charge in [0.25, 0.3) is 0 Å². The smallest absolute Gasteiger partial charge is 0.232 e. The van der Waals surface area contributed by atoms with Crippen LogP contribution in [0, 0.1) is 5.41 Å². The molecule has 162 valence electrons. The molecular formula is C22H24ClN5O2S. The van der Waals surface area contributed by atoms with E-state index in [1.54, 1.807) is 5.51 Å². The van der Waals surface area contributed by atoms with E-state index in [2.05, 4.69) is 25.4 Å². The summed E-state index contributed by atoms with van der Waals surface area (Å²) in [7, 11) is 0. The zero-order chi connectivity index (χ0) is 21.8. The first-order chi connectivity index (χ1) is 15.0. The predicted octanol–water partition coefficient (Wildman–Crippen LogP) is 4.22. The van der Waals surface area contributed by atoms with Crippen LogP contribution in [-0.2, 0) is 9.53 Å². The predicted molar refractivity (Wildman–Crippen MR) is 123 cm³/mol. The highest BCUT2D eigenvalue weighted by Gasteiger charge is 2.39. The number of anilines is 2. The molecule has 1 N–H and O–H groups in total. The van der Waals surface area contributed by atoms with E-state index in [1.165, 1.54) is 11.3 Å². The number of nitrogens with zero attached hydrogens (tertiary/aromatic N) is 4. The zero-order valence-corrected chi connectivity index (χ0v) is 19.0. The highest BCUT2D eigenvalue weighted by atomic mass is 35.5. The number of carbonyl (C=O) groups is 1. The maximum absolute atomic E-state index is 13.3. The molecular weight excluding hydrogens is 434 g/mol. The molecule has 1 amide bonds. The topological polar surface area (TPSA) is 80.2 Å². The fraction of sp³-hybridized carbons (Fsp3) is 0.364. The third kappa shape index (κ3) is 4.71. The van der Waals surface area contributed by atoms with Crippen molar-refractivity contribution in [2.75, 3.05) is 36.5 Å². The first kappa shape index (κ1) is 21.7. The van der Waals surface area contributed by atoms with Gasteiger partial charge in [-0.25, -0.2) is 4.98 Å². The van der Waals surface area contributed by atoms with Crippen molar-refractivity contribution >= 4 is 39.8 Å². The number of nitrogens with one attached hydrogen (secondary N) is 1. The summed E-state index contributed by atoms with van der Waals surface area (Å²) in [6.45, 7) is 6.67. The molecule has 1 aliphatic heterocycles. The highest BCUT2D eigenvalue weighted by molar-refractivity contribution is 7.13. The summed E-state index contributed by atoms with van der Waals surface area (Å²) in [5.74, 6) is 0.341. The van der Waals surface area contributed by atoms with Crippen LogP contribution in [0.15, 0.2) is 48.1 Å².